The summed E-state index contributed by atoms with van der Waals surface area (Å²) >= 11 is 5.62. The highest BCUT2D eigenvalue weighted by molar-refractivity contribution is 6.29. The molecule has 94 valence electrons. The Morgan fingerprint density at radius 2 is 1.94 bits per heavy atom. The highest BCUT2D eigenvalue weighted by Gasteiger charge is 2.08. The first-order chi connectivity index (χ1) is 8.49. The number of H-pyrrole nitrogens is 1. The van der Waals surface area contributed by atoms with E-state index in [1.165, 1.54) is 4.68 Å². The molecule has 0 amide bonds. The first kappa shape index (κ1) is 12.5. The molecule has 2 aromatic rings. The highest BCUT2D eigenvalue weighted by Crippen LogP contribution is 2.02. The van der Waals surface area contributed by atoms with E-state index in [4.69, 9.17) is 11.6 Å². The molecule has 1 N–H and O–H groups in total. The lowest BCUT2D eigenvalue weighted by Crippen LogP contribution is -2.33. The van der Waals surface area contributed by atoms with Crippen molar-refractivity contribution in [2.45, 2.75) is 20.4 Å². The van der Waals surface area contributed by atoms with Crippen LogP contribution in [0.3, 0.4) is 0 Å². The predicted octanol–water partition coefficient (Wildman–Crippen LogP) is 0.645. The van der Waals surface area contributed by atoms with Gasteiger partial charge in [0.2, 0.25) is 0 Å². The number of aromatic nitrogens is 4. The third-order valence-corrected chi connectivity index (χ3v) is 2.91. The zero-order valence-corrected chi connectivity index (χ0v) is 10.7. The highest BCUT2D eigenvalue weighted by atomic mass is 35.5. The maximum Gasteiger partial charge on any atom is 0.268 e. The summed E-state index contributed by atoms with van der Waals surface area (Å²) in [5.41, 5.74) is 0.873. The Bertz CT molecular complexity index is 688. The fourth-order valence-electron chi connectivity index (χ4n) is 1.49. The van der Waals surface area contributed by atoms with Crippen molar-refractivity contribution in [2.75, 3.05) is 0 Å². The van der Waals surface area contributed by atoms with Gasteiger partial charge in [-0.2, -0.15) is 5.10 Å². The van der Waals surface area contributed by atoms with Gasteiger partial charge in [0.15, 0.2) is 5.15 Å². The Labute approximate surface area is 107 Å². The van der Waals surface area contributed by atoms with Gasteiger partial charge in [0.05, 0.1) is 12.2 Å². The molecule has 0 aliphatic carbocycles. The van der Waals surface area contributed by atoms with E-state index < -0.39 is 0 Å². The summed E-state index contributed by atoms with van der Waals surface area (Å²) in [6.07, 6.45) is 0. The molecule has 0 radical (unpaired) electrons. The van der Waals surface area contributed by atoms with E-state index in [9.17, 15) is 9.59 Å². The summed E-state index contributed by atoms with van der Waals surface area (Å²) in [5, 5.41) is 10.3. The fraction of sp³-hybridized carbons (Fsp3) is 0.273. The van der Waals surface area contributed by atoms with E-state index >= 15 is 0 Å². The maximum atomic E-state index is 11.9. The second kappa shape index (κ2) is 4.73. The Hall–Kier alpha value is -1.95. The molecule has 6 nitrogen and oxygen atoms in total. The van der Waals surface area contributed by atoms with Gasteiger partial charge in [-0.05, 0) is 26.0 Å². The average molecular weight is 267 g/mol. The van der Waals surface area contributed by atoms with Crippen LogP contribution in [-0.4, -0.2) is 20.0 Å². The van der Waals surface area contributed by atoms with Crippen molar-refractivity contribution in [1.29, 1.82) is 0 Å². The summed E-state index contributed by atoms with van der Waals surface area (Å²) < 4.78 is 1.21. The third kappa shape index (κ3) is 2.33. The average Bonchev–Trinajstić information content (AvgIpc) is 2.36. The van der Waals surface area contributed by atoms with Crippen molar-refractivity contribution < 1.29 is 0 Å². The molecule has 0 aliphatic rings. The summed E-state index contributed by atoms with van der Waals surface area (Å²) in [6.45, 7) is 3.39. The summed E-state index contributed by atoms with van der Waals surface area (Å²) in [7, 11) is 0. The van der Waals surface area contributed by atoms with Crippen LogP contribution in [0.4, 0.5) is 0 Å². The molecule has 0 unspecified atom stereocenters. The van der Waals surface area contributed by atoms with Crippen molar-refractivity contribution in [3.05, 3.63) is 54.8 Å². The molecular weight excluding hydrogens is 256 g/mol. The summed E-state index contributed by atoms with van der Waals surface area (Å²) in [5.74, 6) is 0. The van der Waals surface area contributed by atoms with Crippen LogP contribution in [0.2, 0.25) is 5.15 Å². The Kier molecular flexibility index (Phi) is 3.29. The van der Waals surface area contributed by atoms with Crippen LogP contribution in [0.15, 0.2) is 21.7 Å². The lowest BCUT2D eigenvalue weighted by Gasteiger charge is -2.07. The molecule has 2 heterocycles. The summed E-state index contributed by atoms with van der Waals surface area (Å²) in [4.78, 5) is 23.5. The van der Waals surface area contributed by atoms with Crippen molar-refractivity contribution in [2.24, 2.45) is 0 Å². The van der Waals surface area contributed by atoms with Crippen LogP contribution in [0.25, 0.3) is 0 Å². The molecule has 7 heteroatoms. The van der Waals surface area contributed by atoms with Crippen LogP contribution in [0.5, 0.6) is 0 Å². The van der Waals surface area contributed by atoms with E-state index in [2.05, 4.69) is 15.3 Å². The standard InChI is InChI=1S/C11H11ClN4O2/c1-6-7(2)11(18)16(15-10(6)17)5-8-3-4-9(12)14-13-8/h3-4H,5H2,1-2H3,(H,15,17). The first-order valence-corrected chi connectivity index (χ1v) is 5.65. The SMILES string of the molecule is Cc1c(C)c(=O)n(Cc2ccc(Cl)nn2)[nH]c1=O. The molecule has 2 rings (SSSR count). The number of aromatic amines is 1. The topological polar surface area (TPSA) is 80.6 Å². The zero-order valence-electron chi connectivity index (χ0n) is 9.90. The first-order valence-electron chi connectivity index (χ1n) is 5.27. The van der Waals surface area contributed by atoms with Gasteiger partial charge in [0.25, 0.3) is 11.1 Å². The van der Waals surface area contributed by atoms with Gasteiger partial charge in [0, 0.05) is 11.1 Å². The molecule has 0 saturated heterocycles. The largest absolute Gasteiger partial charge is 0.268 e. The van der Waals surface area contributed by atoms with Crippen molar-refractivity contribution in [1.82, 2.24) is 20.0 Å². The Morgan fingerprint density at radius 1 is 1.22 bits per heavy atom. The fourth-order valence-corrected chi connectivity index (χ4v) is 1.59. The van der Waals surface area contributed by atoms with Crippen LogP contribution < -0.4 is 11.1 Å². The van der Waals surface area contributed by atoms with Gasteiger partial charge < -0.3 is 0 Å². The number of rotatable bonds is 2. The molecule has 0 bridgehead atoms. The molecular formula is C11H11ClN4O2. The normalized spacial score (nSPS) is 10.6. The quantitative estimate of drug-likeness (QED) is 0.865. The zero-order chi connectivity index (χ0) is 13.3. The Morgan fingerprint density at radius 3 is 2.56 bits per heavy atom. The van der Waals surface area contributed by atoms with Crippen molar-refractivity contribution >= 4 is 11.6 Å². The van der Waals surface area contributed by atoms with Crippen molar-refractivity contribution in [3.63, 3.8) is 0 Å². The molecule has 2 aromatic heterocycles. The van der Waals surface area contributed by atoms with Gasteiger partial charge in [-0.15, -0.1) is 5.10 Å². The number of nitrogens with zero attached hydrogens (tertiary/aromatic N) is 3. The van der Waals surface area contributed by atoms with Crippen LogP contribution in [0.1, 0.15) is 16.8 Å². The van der Waals surface area contributed by atoms with Gasteiger partial charge in [-0.3, -0.25) is 14.7 Å². The smallest absolute Gasteiger partial charge is 0.268 e. The minimum absolute atomic E-state index is 0.152. The third-order valence-electron chi connectivity index (χ3n) is 2.71. The molecule has 0 atom stereocenters. The summed E-state index contributed by atoms with van der Waals surface area (Å²) in [6, 6.07) is 3.23. The second-order valence-corrected chi connectivity index (χ2v) is 4.32. The van der Waals surface area contributed by atoms with Crippen LogP contribution in [-0.2, 0) is 6.54 Å². The minimum atomic E-state index is -0.283. The van der Waals surface area contributed by atoms with Crippen LogP contribution >= 0.6 is 11.6 Å². The number of hydrogen-bond donors (Lipinski definition) is 1. The van der Waals surface area contributed by atoms with Gasteiger partial charge in [-0.1, -0.05) is 11.6 Å². The van der Waals surface area contributed by atoms with E-state index in [-0.39, 0.29) is 22.8 Å². The van der Waals surface area contributed by atoms with E-state index in [1.807, 2.05) is 0 Å². The monoisotopic (exact) mass is 266 g/mol. The second-order valence-electron chi connectivity index (χ2n) is 3.93. The number of halogens is 1. The van der Waals surface area contributed by atoms with Gasteiger partial charge in [0.1, 0.15) is 0 Å². The number of nitrogens with one attached hydrogen (secondary N) is 1. The lowest BCUT2D eigenvalue weighted by atomic mass is 10.2. The van der Waals surface area contributed by atoms with Gasteiger partial charge in [-0.25, -0.2) is 4.68 Å². The molecule has 18 heavy (non-hydrogen) atoms. The number of hydrogen-bond acceptors (Lipinski definition) is 4. The minimum Gasteiger partial charge on any atom is -0.268 e. The van der Waals surface area contributed by atoms with E-state index in [0.717, 1.165) is 0 Å². The van der Waals surface area contributed by atoms with Gasteiger partial charge >= 0.3 is 0 Å². The van der Waals surface area contributed by atoms with Crippen LogP contribution in [0, 0.1) is 13.8 Å². The molecule has 0 aliphatic heterocycles. The van der Waals surface area contributed by atoms with E-state index in [0.29, 0.717) is 16.8 Å². The van der Waals surface area contributed by atoms with E-state index in [1.54, 1.807) is 26.0 Å². The Balaban J connectivity index is 2.44. The molecule has 0 fully saturated rings. The molecule has 0 aromatic carbocycles. The molecule has 0 spiro atoms. The molecule has 0 saturated carbocycles. The predicted molar refractivity (Wildman–Crippen MR) is 66.9 cm³/mol. The maximum absolute atomic E-state index is 11.9. The van der Waals surface area contributed by atoms with Crippen molar-refractivity contribution in [3.8, 4) is 0 Å². The lowest BCUT2D eigenvalue weighted by molar-refractivity contribution is 0.603.